The van der Waals surface area contributed by atoms with Crippen molar-refractivity contribution in [1.29, 1.82) is 0 Å². The zero-order valence-electron chi connectivity index (χ0n) is 14.6. The molecule has 0 bridgehead atoms. The highest BCUT2D eigenvalue weighted by Gasteiger charge is 2.24. The number of anilines is 2. The number of rotatable bonds is 5. The Bertz CT molecular complexity index is 689. The van der Waals surface area contributed by atoms with Gasteiger partial charge in [-0.05, 0) is 36.5 Å². The average Bonchev–Trinajstić information content (AvgIpc) is 2.59. The first-order chi connectivity index (χ1) is 11.6. The molecule has 0 radical (unpaired) electrons. The molecule has 0 saturated carbocycles. The van der Waals surface area contributed by atoms with Gasteiger partial charge in [0.1, 0.15) is 5.82 Å². The van der Waals surface area contributed by atoms with E-state index in [9.17, 15) is 5.11 Å². The third-order valence-corrected chi connectivity index (χ3v) is 4.76. The van der Waals surface area contributed by atoms with Crippen molar-refractivity contribution in [3.05, 3.63) is 47.7 Å². The first-order valence-corrected chi connectivity index (χ1v) is 8.62. The Morgan fingerprint density at radius 2 is 2.00 bits per heavy atom. The van der Waals surface area contributed by atoms with Crippen LogP contribution in [0.5, 0.6) is 0 Å². The van der Waals surface area contributed by atoms with Crippen LogP contribution in [-0.2, 0) is 13.0 Å². The molecule has 2 heterocycles. The van der Waals surface area contributed by atoms with E-state index in [0.29, 0.717) is 17.9 Å². The van der Waals surface area contributed by atoms with Gasteiger partial charge in [-0.25, -0.2) is 4.98 Å². The van der Waals surface area contributed by atoms with Crippen molar-refractivity contribution < 1.29 is 5.11 Å². The highest BCUT2D eigenvalue weighted by Crippen LogP contribution is 2.27. The molecule has 1 aliphatic heterocycles. The molecule has 2 atom stereocenters. The summed E-state index contributed by atoms with van der Waals surface area (Å²) in [6.45, 7) is 7.30. The summed E-state index contributed by atoms with van der Waals surface area (Å²) in [5, 5.41) is 12.7. The molecule has 0 unspecified atom stereocenters. The van der Waals surface area contributed by atoms with Crippen LogP contribution in [0.1, 0.15) is 31.9 Å². The van der Waals surface area contributed by atoms with Gasteiger partial charge in [0.15, 0.2) is 0 Å². The maximum absolute atomic E-state index is 9.50. The molecule has 1 aromatic carbocycles. The van der Waals surface area contributed by atoms with Gasteiger partial charge in [0, 0.05) is 18.8 Å². The summed E-state index contributed by atoms with van der Waals surface area (Å²) in [5.74, 6) is 1.81. The second-order valence-corrected chi connectivity index (χ2v) is 6.87. The third-order valence-electron chi connectivity index (χ3n) is 4.76. The quantitative estimate of drug-likeness (QED) is 0.885. The Morgan fingerprint density at radius 3 is 2.71 bits per heavy atom. The highest BCUT2D eigenvalue weighted by atomic mass is 16.3. The van der Waals surface area contributed by atoms with Crippen LogP contribution in [0.4, 0.5) is 11.8 Å². The van der Waals surface area contributed by atoms with E-state index in [1.807, 2.05) is 6.07 Å². The lowest BCUT2D eigenvalue weighted by atomic mass is 9.95. The van der Waals surface area contributed by atoms with Gasteiger partial charge < -0.3 is 15.3 Å². The summed E-state index contributed by atoms with van der Waals surface area (Å²) >= 11 is 0. The molecule has 128 valence electrons. The van der Waals surface area contributed by atoms with Gasteiger partial charge in [-0.1, -0.05) is 38.1 Å². The van der Waals surface area contributed by atoms with Crippen LogP contribution in [-0.4, -0.2) is 33.8 Å². The van der Waals surface area contributed by atoms with E-state index >= 15 is 0 Å². The molecule has 24 heavy (non-hydrogen) atoms. The largest absolute Gasteiger partial charge is 0.394 e. The van der Waals surface area contributed by atoms with Gasteiger partial charge in [-0.15, -0.1) is 0 Å². The Kier molecular flexibility index (Phi) is 5.00. The SMILES string of the molecule is CC(C)[C@H](CO)Nc1nccc(N2Cc3ccccc3C[C@H]2C)n1. The predicted octanol–water partition coefficient (Wildman–Crippen LogP) is 2.86. The van der Waals surface area contributed by atoms with Crippen molar-refractivity contribution in [2.45, 2.75) is 45.8 Å². The number of fused-ring (bicyclic) bond motifs is 1. The zero-order valence-corrected chi connectivity index (χ0v) is 14.6. The lowest BCUT2D eigenvalue weighted by molar-refractivity contribution is 0.248. The maximum atomic E-state index is 9.50. The molecule has 0 amide bonds. The molecule has 1 aliphatic rings. The number of aromatic nitrogens is 2. The second kappa shape index (κ2) is 7.18. The van der Waals surface area contributed by atoms with Crippen LogP contribution in [0.25, 0.3) is 0 Å². The number of aliphatic hydroxyl groups excluding tert-OH is 1. The van der Waals surface area contributed by atoms with E-state index in [1.54, 1.807) is 6.20 Å². The minimum absolute atomic E-state index is 0.0419. The number of nitrogens with one attached hydrogen (secondary N) is 1. The molecule has 5 nitrogen and oxygen atoms in total. The van der Waals surface area contributed by atoms with Crippen LogP contribution in [0.2, 0.25) is 0 Å². The van der Waals surface area contributed by atoms with E-state index < -0.39 is 0 Å². The molecular formula is C19H26N4O. The van der Waals surface area contributed by atoms with Crippen LogP contribution < -0.4 is 10.2 Å². The lowest BCUT2D eigenvalue weighted by Crippen LogP contribution is -2.39. The van der Waals surface area contributed by atoms with E-state index in [0.717, 1.165) is 18.8 Å². The number of aliphatic hydroxyl groups is 1. The molecule has 3 rings (SSSR count). The first kappa shape index (κ1) is 16.7. The average molecular weight is 326 g/mol. The van der Waals surface area contributed by atoms with Gasteiger partial charge in [-0.2, -0.15) is 4.98 Å². The van der Waals surface area contributed by atoms with E-state index in [2.05, 4.69) is 65.2 Å². The molecule has 2 aromatic rings. The summed E-state index contributed by atoms with van der Waals surface area (Å²) in [4.78, 5) is 11.3. The molecule has 0 spiro atoms. The Labute approximate surface area is 143 Å². The third kappa shape index (κ3) is 3.51. The number of nitrogens with zero attached hydrogens (tertiary/aromatic N) is 3. The summed E-state index contributed by atoms with van der Waals surface area (Å²) < 4.78 is 0. The summed E-state index contributed by atoms with van der Waals surface area (Å²) in [7, 11) is 0. The fourth-order valence-corrected chi connectivity index (χ4v) is 3.15. The van der Waals surface area contributed by atoms with Crippen molar-refractivity contribution in [1.82, 2.24) is 9.97 Å². The zero-order chi connectivity index (χ0) is 17.1. The molecule has 0 aliphatic carbocycles. The predicted molar refractivity (Wildman–Crippen MR) is 97.2 cm³/mol. The van der Waals surface area contributed by atoms with Crippen molar-refractivity contribution in [2.75, 3.05) is 16.8 Å². The standard InChI is InChI=1S/C19H26N4O/c1-13(2)17(12-24)21-19-20-9-8-18(22-19)23-11-16-7-5-4-6-15(16)10-14(23)3/h4-9,13-14,17,24H,10-12H2,1-3H3,(H,20,21,22)/t14-,17+/m1/s1. The fourth-order valence-electron chi connectivity index (χ4n) is 3.15. The van der Waals surface area contributed by atoms with Crippen LogP contribution in [0.3, 0.4) is 0 Å². The summed E-state index contributed by atoms with van der Waals surface area (Å²) in [5.41, 5.74) is 2.79. The molecule has 2 N–H and O–H groups in total. The highest BCUT2D eigenvalue weighted by molar-refractivity contribution is 5.48. The lowest BCUT2D eigenvalue weighted by Gasteiger charge is -2.36. The Morgan fingerprint density at radius 1 is 1.25 bits per heavy atom. The molecule has 0 saturated heterocycles. The van der Waals surface area contributed by atoms with Gasteiger partial charge >= 0.3 is 0 Å². The van der Waals surface area contributed by atoms with Crippen molar-refractivity contribution in [3.8, 4) is 0 Å². The van der Waals surface area contributed by atoms with Gasteiger partial charge in [0.25, 0.3) is 0 Å². The van der Waals surface area contributed by atoms with Crippen LogP contribution in [0.15, 0.2) is 36.5 Å². The molecule has 0 fully saturated rings. The van der Waals surface area contributed by atoms with E-state index in [1.165, 1.54) is 11.1 Å². The minimum Gasteiger partial charge on any atom is -0.394 e. The van der Waals surface area contributed by atoms with Crippen LogP contribution >= 0.6 is 0 Å². The fraction of sp³-hybridized carbons (Fsp3) is 0.474. The maximum Gasteiger partial charge on any atom is 0.224 e. The van der Waals surface area contributed by atoms with Crippen molar-refractivity contribution >= 4 is 11.8 Å². The van der Waals surface area contributed by atoms with Crippen molar-refractivity contribution in [3.63, 3.8) is 0 Å². The first-order valence-electron chi connectivity index (χ1n) is 8.62. The second-order valence-electron chi connectivity index (χ2n) is 6.87. The van der Waals surface area contributed by atoms with Gasteiger partial charge in [0.2, 0.25) is 5.95 Å². The molecule has 5 heteroatoms. The number of hydrogen-bond acceptors (Lipinski definition) is 5. The summed E-state index contributed by atoms with van der Waals surface area (Å²) in [6, 6.07) is 10.9. The Hall–Kier alpha value is -2.14. The van der Waals surface area contributed by atoms with E-state index in [4.69, 9.17) is 0 Å². The van der Waals surface area contributed by atoms with Gasteiger partial charge in [-0.3, -0.25) is 0 Å². The van der Waals surface area contributed by atoms with Crippen LogP contribution in [0, 0.1) is 5.92 Å². The topological polar surface area (TPSA) is 61.3 Å². The minimum atomic E-state index is -0.0419. The Balaban J connectivity index is 1.81. The monoisotopic (exact) mass is 326 g/mol. The normalized spacial score (nSPS) is 18.4. The smallest absolute Gasteiger partial charge is 0.224 e. The molecule has 1 aromatic heterocycles. The number of benzene rings is 1. The summed E-state index contributed by atoms with van der Waals surface area (Å²) in [6.07, 6.45) is 2.81. The molecular weight excluding hydrogens is 300 g/mol. The number of hydrogen-bond donors (Lipinski definition) is 2. The van der Waals surface area contributed by atoms with Gasteiger partial charge in [0.05, 0.1) is 12.6 Å². The van der Waals surface area contributed by atoms with Crippen molar-refractivity contribution in [2.24, 2.45) is 5.92 Å². The van der Waals surface area contributed by atoms with E-state index in [-0.39, 0.29) is 12.6 Å².